The van der Waals surface area contributed by atoms with Gasteiger partial charge in [-0.3, -0.25) is 0 Å². The maximum absolute atomic E-state index is 13.0. The van der Waals surface area contributed by atoms with Crippen LogP contribution in [0.3, 0.4) is 0 Å². The van der Waals surface area contributed by atoms with E-state index in [0.29, 0.717) is 5.82 Å². The zero-order chi connectivity index (χ0) is 14.0. The highest BCUT2D eigenvalue weighted by molar-refractivity contribution is 7.89. The van der Waals surface area contributed by atoms with Crippen LogP contribution in [0.5, 0.6) is 0 Å². The molecule has 0 spiro atoms. The van der Waals surface area contributed by atoms with E-state index in [4.69, 9.17) is 5.73 Å². The Balaban J connectivity index is 2.28. The van der Waals surface area contributed by atoms with Crippen LogP contribution >= 0.6 is 0 Å². The topological polar surface area (TPSA) is 92.1 Å². The van der Waals surface area contributed by atoms with Crippen LogP contribution in [0.15, 0.2) is 35.5 Å². The maximum atomic E-state index is 13.0. The molecule has 3 N–H and O–H groups in total. The van der Waals surface area contributed by atoms with Crippen LogP contribution in [0.4, 0.5) is 10.1 Å². The van der Waals surface area contributed by atoms with Gasteiger partial charge < -0.3 is 10.7 Å². The van der Waals surface area contributed by atoms with Crippen molar-refractivity contribution in [1.29, 1.82) is 0 Å². The fourth-order valence-corrected chi connectivity index (χ4v) is 2.71. The largest absolute Gasteiger partial charge is 0.396 e. The Morgan fingerprint density at radius 3 is 2.79 bits per heavy atom. The Morgan fingerprint density at radius 2 is 2.21 bits per heavy atom. The zero-order valence-electron chi connectivity index (χ0n) is 10.2. The number of aromatic amines is 1. The summed E-state index contributed by atoms with van der Waals surface area (Å²) in [5, 5.41) is 0. The lowest BCUT2D eigenvalue weighted by molar-refractivity contribution is 0.458. The number of halogens is 1. The summed E-state index contributed by atoms with van der Waals surface area (Å²) < 4.78 is 38.6. The molecule has 1 aromatic heterocycles. The monoisotopic (exact) mass is 284 g/mol. The predicted molar refractivity (Wildman–Crippen MR) is 68.1 cm³/mol. The number of rotatable bonds is 4. The van der Waals surface area contributed by atoms with Crippen molar-refractivity contribution in [2.45, 2.75) is 11.4 Å². The first-order valence-electron chi connectivity index (χ1n) is 5.41. The molecule has 2 aromatic rings. The molecule has 0 atom stereocenters. The van der Waals surface area contributed by atoms with Crippen molar-refractivity contribution in [2.24, 2.45) is 0 Å². The molecule has 0 saturated heterocycles. The molecule has 2 rings (SSSR count). The number of hydrogen-bond acceptors (Lipinski definition) is 4. The third-order valence-corrected chi connectivity index (χ3v) is 4.40. The average molecular weight is 284 g/mol. The van der Waals surface area contributed by atoms with Crippen LogP contribution in [-0.4, -0.2) is 29.7 Å². The fraction of sp³-hybridized carbons (Fsp3) is 0.182. The van der Waals surface area contributed by atoms with Gasteiger partial charge in [-0.25, -0.2) is 17.8 Å². The molecule has 0 aliphatic carbocycles. The van der Waals surface area contributed by atoms with Crippen LogP contribution in [-0.2, 0) is 16.6 Å². The van der Waals surface area contributed by atoms with Crippen LogP contribution in [0.1, 0.15) is 5.82 Å². The van der Waals surface area contributed by atoms with Gasteiger partial charge in [-0.05, 0) is 18.2 Å². The number of nitrogens with one attached hydrogen (secondary N) is 1. The van der Waals surface area contributed by atoms with Crippen molar-refractivity contribution in [3.05, 3.63) is 42.2 Å². The number of nitrogen functional groups attached to an aromatic ring is 1. The van der Waals surface area contributed by atoms with Crippen LogP contribution in [0, 0.1) is 5.82 Å². The second-order valence-corrected chi connectivity index (χ2v) is 6.03. The molecule has 0 unspecified atom stereocenters. The zero-order valence-corrected chi connectivity index (χ0v) is 11.0. The van der Waals surface area contributed by atoms with Gasteiger partial charge >= 0.3 is 0 Å². The van der Waals surface area contributed by atoms with Crippen LogP contribution in [0.25, 0.3) is 0 Å². The van der Waals surface area contributed by atoms with E-state index in [1.54, 1.807) is 6.20 Å². The summed E-state index contributed by atoms with van der Waals surface area (Å²) >= 11 is 0. The predicted octanol–water partition coefficient (Wildman–Crippen LogP) is 0.952. The van der Waals surface area contributed by atoms with Gasteiger partial charge in [0.05, 0.1) is 17.1 Å². The van der Waals surface area contributed by atoms with Crippen molar-refractivity contribution in [2.75, 3.05) is 12.8 Å². The van der Waals surface area contributed by atoms with Gasteiger partial charge in [0.25, 0.3) is 0 Å². The minimum absolute atomic E-state index is 0.0551. The van der Waals surface area contributed by atoms with Crippen LogP contribution < -0.4 is 5.73 Å². The molecule has 0 aliphatic heterocycles. The molecule has 0 bridgehead atoms. The number of nitrogens with zero attached hydrogens (tertiary/aromatic N) is 2. The van der Waals surface area contributed by atoms with E-state index >= 15 is 0 Å². The van der Waals surface area contributed by atoms with E-state index in [-0.39, 0.29) is 17.1 Å². The van der Waals surface area contributed by atoms with E-state index in [1.165, 1.54) is 19.3 Å². The molecule has 1 aromatic carbocycles. The Kier molecular flexibility index (Phi) is 3.54. The molecule has 0 amide bonds. The number of nitrogens with two attached hydrogens (primary N) is 1. The van der Waals surface area contributed by atoms with E-state index in [9.17, 15) is 12.8 Å². The van der Waals surface area contributed by atoms with E-state index in [1.807, 2.05) is 0 Å². The molecule has 1 heterocycles. The van der Waals surface area contributed by atoms with Crippen molar-refractivity contribution in [3.8, 4) is 0 Å². The van der Waals surface area contributed by atoms with Crippen LogP contribution in [0.2, 0.25) is 0 Å². The third kappa shape index (κ3) is 2.74. The molecular weight excluding hydrogens is 271 g/mol. The lowest BCUT2D eigenvalue weighted by Crippen LogP contribution is -2.27. The van der Waals surface area contributed by atoms with Crippen molar-refractivity contribution in [3.63, 3.8) is 0 Å². The number of benzene rings is 1. The van der Waals surface area contributed by atoms with Gasteiger partial charge in [0.2, 0.25) is 10.0 Å². The minimum Gasteiger partial charge on any atom is -0.396 e. The van der Waals surface area contributed by atoms with Gasteiger partial charge in [0.15, 0.2) is 0 Å². The number of anilines is 1. The standard InChI is InChI=1S/C11H13FN4O2S/c1-16(7-11-14-4-5-15-11)19(17,18)8-2-3-9(12)10(13)6-8/h2-6H,7,13H2,1H3,(H,14,15). The molecule has 0 radical (unpaired) electrons. The van der Waals surface area contributed by atoms with Gasteiger partial charge in [0, 0.05) is 19.4 Å². The second kappa shape index (κ2) is 4.98. The first-order valence-corrected chi connectivity index (χ1v) is 6.85. The molecule has 102 valence electrons. The maximum Gasteiger partial charge on any atom is 0.243 e. The van der Waals surface area contributed by atoms with E-state index < -0.39 is 15.8 Å². The Hall–Kier alpha value is -1.93. The SMILES string of the molecule is CN(Cc1ncc[nH]1)S(=O)(=O)c1ccc(F)c(N)c1. The van der Waals surface area contributed by atoms with Crippen molar-refractivity contribution in [1.82, 2.24) is 14.3 Å². The molecule has 0 aliphatic rings. The summed E-state index contributed by atoms with van der Waals surface area (Å²) in [6.07, 6.45) is 3.14. The van der Waals surface area contributed by atoms with E-state index in [0.717, 1.165) is 16.4 Å². The first kappa shape index (κ1) is 13.5. The van der Waals surface area contributed by atoms with E-state index in [2.05, 4.69) is 9.97 Å². The highest BCUT2D eigenvalue weighted by atomic mass is 32.2. The molecule has 0 fully saturated rings. The lowest BCUT2D eigenvalue weighted by Gasteiger charge is -2.16. The number of aromatic nitrogens is 2. The Morgan fingerprint density at radius 1 is 1.47 bits per heavy atom. The van der Waals surface area contributed by atoms with Gasteiger partial charge in [-0.1, -0.05) is 0 Å². The molecule has 8 heteroatoms. The highest BCUT2D eigenvalue weighted by Crippen LogP contribution is 2.20. The fourth-order valence-electron chi connectivity index (χ4n) is 1.54. The molecular formula is C11H13FN4O2S. The average Bonchev–Trinajstić information content (AvgIpc) is 2.85. The molecule has 0 saturated carbocycles. The summed E-state index contributed by atoms with van der Waals surface area (Å²) in [6, 6.07) is 3.31. The number of imidazole rings is 1. The summed E-state index contributed by atoms with van der Waals surface area (Å²) in [7, 11) is -2.31. The second-order valence-electron chi connectivity index (χ2n) is 3.98. The summed E-state index contributed by atoms with van der Waals surface area (Å²) in [6.45, 7) is 0.0899. The summed E-state index contributed by atoms with van der Waals surface area (Å²) in [5.74, 6) is -0.131. The number of hydrogen-bond donors (Lipinski definition) is 2. The smallest absolute Gasteiger partial charge is 0.243 e. The van der Waals surface area contributed by atoms with Gasteiger partial charge in [-0.15, -0.1) is 0 Å². The first-order chi connectivity index (χ1) is 8.91. The summed E-state index contributed by atoms with van der Waals surface area (Å²) in [5.41, 5.74) is 5.18. The summed E-state index contributed by atoms with van der Waals surface area (Å²) in [4.78, 5) is 6.70. The molecule has 6 nitrogen and oxygen atoms in total. The highest BCUT2D eigenvalue weighted by Gasteiger charge is 2.22. The number of sulfonamides is 1. The minimum atomic E-state index is -3.73. The van der Waals surface area contributed by atoms with Crippen molar-refractivity contribution >= 4 is 15.7 Å². The third-order valence-electron chi connectivity index (χ3n) is 2.60. The number of H-pyrrole nitrogens is 1. The van der Waals surface area contributed by atoms with Crippen molar-refractivity contribution < 1.29 is 12.8 Å². The van der Waals surface area contributed by atoms with Gasteiger partial charge in [0.1, 0.15) is 11.6 Å². The quantitative estimate of drug-likeness (QED) is 0.818. The lowest BCUT2D eigenvalue weighted by atomic mass is 10.3. The molecule has 19 heavy (non-hydrogen) atoms. The normalized spacial score (nSPS) is 11.9. The Labute approximate surface area is 110 Å². The van der Waals surface area contributed by atoms with Gasteiger partial charge in [-0.2, -0.15) is 4.31 Å². The Bertz CT molecular complexity index is 670.